The van der Waals surface area contributed by atoms with Gasteiger partial charge in [0.25, 0.3) is 0 Å². The molecule has 0 spiro atoms. The molecule has 0 aromatic heterocycles. The van der Waals surface area contributed by atoms with Gasteiger partial charge in [-0.3, -0.25) is 0 Å². The first-order valence-corrected chi connectivity index (χ1v) is 4.88. The van der Waals surface area contributed by atoms with E-state index in [1.54, 1.807) is 30.3 Å². The lowest BCUT2D eigenvalue weighted by molar-refractivity contribution is -0.298. The summed E-state index contributed by atoms with van der Waals surface area (Å²) in [7, 11) is 0. The molecule has 0 saturated heterocycles. The van der Waals surface area contributed by atoms with Gasteiger partial charge in [-0.25, -0.2) is 0 Å². The highest BCUT2D eigenvalue weighted by atomic mass is 16.4. The van der Waals surface area contributed by atoms with Crippen LogP contribution in [0.25, 0.3) is 6.08 Å². The zero-order chi connectivity index (χ0) is 12.8. The minimum Gasteiger partial charge on any atom is -0.545 e. The quantitative estimate of drug-likeness (QED) is 0.516. The van der Waals surface area contributed by atoms with Crippen molar-refractivity contribution in [2.75, 3.05) is 0 Å². The van der Waals surface area contributed by atoms with Gasteiger partial charge in [0.05, 0.1) is 11.9 Å². The first-order chi connectivity index (χ1) is 8.00. The Hall–Kier alpha value is -2.36. The highest BCUT2D eigenvalue weighted by Gasteiger charge is 2.01. The summed E-state index contributed by atoms with van der Waals surface area (Å²) in [6.45, 7) is 1.38. The van der Waals surface area contributed by atoms with E-state index in [4.69, 9.17) is 0 Å². The van der Waals surface area contributed by atoms with Crippen LogP contribution in [0, 0.1) is 0 Å². The smallest absolute Gasteiger partial charge is 0.0718 e. The molecule has 0 unspecified atom stereocenters. The van der Waals surface area contributed by atoms with Gasteiger partial charge in [-0.2, -0.15) is 0 Å². The van der Waals surface area contributed by atoms with Gasteiger partial charge < -0.3 is 19.8 Å². The number of carboxylic acid groups (broad SMARTS) is 2. The first-order valence-electron chi connectivity index (χ1n) is 4.88. The molecule has 4 heteroatoms. The van der Waals surface area contributed by atoms with Gasteiger partial charge in [0, 0.05) is 5.57 Å². The molecular weight excluding hydrogens is 220 g/mol. The minimum absolute atomic E-state index is 0.0776. The van der Waals surface area contributed by atoms with Gasteiger partial charge in [-0.05, 0) is 30.2 Å². The Morgan fingerprint density at radius 2 is 1.71 bits per heavy atom. The van der Waals surface area contributed by atoms with Gasteiger partial charge in [-0.1, -0.05) is 30.3 Å². The zero-order valence-electron chi connectivity index (χ0n) is 9.17. The predicted octanol–water partition coefficient (Wildman–Crippen LogP) is -0.484. The van der Waals surface area contributed by atoms with Crippen LogP contribution in [0.2, 0.25) is 0 Å². The van der Waals surface area contributed by atoms with Crippen molar-refractivity contribution < 1.29 is 19.8 Å². The van der Waals surface area contributed by atoms with Crippen LogP contribution in [0.3, 0.4) is 0 Å². The van der Waals surface area contributed by atoms with Crippen LogP contribution in [-0.2, 0) is 9.59 Å². The molecule has 0 aliphatic heterocycles. The standard InChI is InChI=1S/C13H12O4/c1-9(7-12(14)15)11(13(16)17)8-10-5-3-2-4-6-10/h2-8H,1H3,(H,14,15)(H,16,17)/p-2. The SMILES string of the molecule is CC(=CC(=O)[O-])C(=Cc1ccccc1)C(=O)[O-]. The molecule has 0 radical (unpaired) electrons. The molecule has 0 N–H and O–H groups in total. The molecule has 17 heavy (non-hydrogen) atoms. The fraction of sp³-hybridized carbons (Fsp3) is 0.0769. The van der Waals surface area contributed by atoms with E-state index in [-0.39, 0.29) is 11.1 Å². The number of carboxylic acids is 2. The van der Waals surface area contributed by atoms with Crippen molar-refractivity contribution in [2.24, 2.45) is 0 Å². The number of rotatable bonds is 4. The van der Waals surface area contributed by atoms with Crippen LogP contribution in [0.15, 0.2) is 47.6 Å². The van der Waals surface area contributed by atoms with Crippen LogP contribution < -0.4 is 10.2 Å². The molecule has 4 nitrogen and oxygen atoms in total. The van der Waals surface area contributed by atoms with E-state index in [1.807, 2.05) is 0 Å². The third kappa shape index (κ3) is 3.95. The van der Waals surface area contributed by atoms with E-state index in [9.17, 15) is 19.8 Å². The highest BCUT2D eigenvalue weighted by molar-refractivity contribution is 5.97. The van der Waals surface area contributed by atoms with Crippen LogP contribution in [0.5, 0.6) is 0 Å². The number of carbonyl (C=O) groups excluding carboxylic acids is 2. The van der Waals surface area contributed by atoms with Crippen LogP contribution in [0.1, 0.15) is 12.5 Å². The Labute approximate surface area is 98.5 Å². The second-order valence-corrected chi connectivity index (χ2v) is 3.40. The summed E-state index contributed by atoms with van der Waals surface area (Å²) < 4.78 is 0. The molecule has 0 bridgehead atoms. The third-order valence-electron chi connectivity index (χ3n) is 2.09. The lowest BCUT2D eigenvalue weighted by Gasteiger charge is -2.10. The molecular formula is C13H10O4-2. The van der Waals surface area contributed by atoms with E-state index >= 15 is 0 Å². The Morgan fingerprint density at radius 3 is 2.18 bits per heavy atom. The predicted molar refractivity (Wildman–Crippen MR) is 58.2 cm³/mol. The maximum Gasteiger partial charge on any atom is 0.0718 e. The minimum atomic E-state index is -1.44. The van der Waals surface area contributed by atoms with Gasteiger partial charge in [0.2, 0.25) is 0 Å². The topological polar surface area (TPSA) is 80.3 Å². The van der Waals surface area contributed by atoms with Crippen molar-refractivity contribution in [1.29, 1.82) is 0 Å². The van der Waals surface area contributed by atoms with Crippen molar-refractivity contribution in [2.45, 2.75) is 6.92 Å². The van der Waals surface area contributed by atoms with E-state index in [0.717, 1.165) is 6.08 Å². The first kappa shape index (κ1) is 12.7. The fourth-order valence-corrected chi connectivity index (χ4v) is 1.30. The summed E-state index contributed by atoms with van der Waals surface area (Å²) in [5, 5.41) is 21.3. The maximum atomic E-state index is 10.9. The zero-order valence-corrected chi connectivity index (χ0v) is 9.17. The third-order valence-corrected chi connectivity index (χ3v) is 2.09. The average Bonchev–Trinajstić information content (AvgIpc) is 2.25. The van der Waals surface area contributed by atoms with E-state index < -0.39 is 11.9 Å². The van der Waals surface area contributed by atoms with Crippen LogP contribution >= 0.6 is 0 Å². The lowest BCUT2D eigenvalue weighted by atomic mass is 10.0. The molecule has 1 aromatic rings. The van der Waals surface area contributed by atoms with Crippen molar-refractivity contribution in [3.8, 4) is 0 Å². The molecule has 0 fully saturated rings. The van der Waals surface area contributed by atoms with E-state index in [2.05, 4.69) is 0 Å². The highest BCUT2D eigenvalue weighted by Crippen LogP contribution is 2.13. The van der Waals surface area contributed by atoms with Crippen molar-refractivity contribution in [1.82, 2.24) is 0 Å². The molecule has 0 heterocycles. The number of hydrogen-bond acceptors (Lipinski definition) is 4. The molecule has 0 saturated carbocycles. The number of carbonyl (C=O) groups is 2. The number of aliphatic carboxylic acids is 2. The largest absolute Gasteiger partial charge is 0.545 e. The summed E-state index contributed by atoms with van der Waals surface area (Å²) >= 11 is 0. The van der Waals surface area contributed by atoms with Crippen LogP contribution in [0.4, 0.5) is 0 Å². The molecule has 0 atom stereocenters. The monoisotopic (exact) mass is 230 g/mol. The van der Waals surface area contributed by atoms with Crippen LogP contribution in [-0.4, -0.2) is 11.9 Å². The van der Waals surface area contributed by atoms with Gasteiger partial charge >= 0.3 is 0 Å². The Balaban J connectivity index is 3.15. The molecule has 0 aliphatic rings. The summed E-state index contributed by atoms with van der Waals surface area (Å²) in [6, 6.07) is 8.69. The number of hydrogen-bond donors (Lipinski definition) is 0. The van der Waals surface area contributed by atoms with Crippen molar-refractivity contribution >= 4 is 18.0 Å². The van der Waals surface area contributed by atoms with E-state index in [1.165, 1.54) is 13.0 Å². The maximum absolute atomic E-state index is 10.9. The fourth-order valence-electron chi connectivity index (χ4n) is 1.30. The lowest BCUT2D eigenvalue weighted by Crippen LogP contribution is -2.26. The molecule has 1 aromatic carbocycles. The summed E-state index contributed by atoms with van der Waals surface area (Å²) in [4.78, 5) is 21.3. The summed E-state index contributed by atoms with van der Waals surface area (Å²) in [5.41, 5.74) is 0.548. The normalized spacial score (nSPS) is 12.3. The Bertz CT molecular complexity index is 483. The summed E-state index contributed by atoms with van der Waals surface area (Å²) in [6.07, 6.45) is 2.08. The van der Waals surface area contributed by atoms with Gasteiger partial charge in [0.15, 0.2) is 0 Å². The molecule has 0 aliphatic carbocycles. The summed E-state index contributed by atoms with van der Waals surface area (Å²) in [5.74, 6) is -2.87. The second-order valence-electron chi connectivity index (χ2n) is 3.40. The molecule has 88 valence electrons. The molecule has 1 rings (SSSR count). The average molecular weight is 230 g/mol. The number of benzene rings is 1. The Morgan fingerprint density at radius 1 is 1.12 bits per heavy atom. The van der Waals surface area contributed by atoms with Gasteiger partial charge in [-0.15, -0.1) is 0 Å². The van der Waals surface area contributed by atoms with Crippen molar-refractivity contribution in [3.63, 3.8) is 0 Å². The van der Waals surface area contributed by atoms with E-state index in [0.29, 0.717) is 5.56 Å². The molecule has 0 amide bonds. The second kappa shape index (κ2) is 5.65. The van der Waals surface area contributed by atoms with Gasteiger partial charge in [0.1, 0.15) is 0 Å². The Kier molecular flexibility index (Phi) is 4.22. The van der Waals surface area contributed by atoms with Crippen molar-refractivity contribution in [3.05, 3.63) is 53.1 Å².